The second kappa shape index (κ2) is 11.6. The first kappa shape index (κ1) is 23.0. The Hall–Kier alpha value is -2.70. The van der Waals surface area contributed by atoms with Crippen LogP contribution < -0.4 is 5.32 Å². The lowest BCUT2D eigenvalue weighted by Crippen LogP contribution is -2.38. The van der Waals surface area contributed by atoms with Crippen LogP contribution in [0.4, 0.5) is 0 Å². The van der Waals surface area contributed by atoms with Crippen molar-refractivity contribution in [1.29, 1.82) is 0 Å². The first-order valence-electron chi connectivity index (χ1n) is 11.0. The molecule has 1 N–H and O–H groups in total. The number of amides is 1. The van der Waals surface area contributed by atoms with Crippen LogP contribution >= 0.6 is 0 Å². The van der Waals surface area contributed by atoms with Crippen molar-refractivity contribution in [1.82, 2.24) is 10.2 Å². The summed E-state index contributed by atoms with van der Waals surface area (Å²) < 4.78 is 10.8. The summed E-state index contributed by atoms with van der Waals surface area (Å²) in [5.74, 6) is -0.785. The maximum absolute atomic E-state index is 12.6. The molecule has 3 rings (SSSR count). The number of hydrogen-bond acceptors (Lipinski definition) is 5. The molecule has 1 heterocycles. The third kappa shape index (κ3) is 6.91. The Bertz CT molecular complexity index is 832. The predicted octanol–water partition coefficient (Wildman–Crippen LogP) is 3.72. The molecule has 2 atom stereocenters. The van der Waals surface area contributed by atoms with E-state index in [0.717, 1.165) is 56.8 Å². The lowest BCUT2D eigenvalue weighted by atomic mass is 10.0. The third-order valence-corrected chi connectivity index (χ3v) is 5.45. The smallest absolute Gasteiger partial charge is 0.338 e. The maximum Gasteiger partial charge on any atom is 0.338 e. The molecular weight excluding hydrogens is 392 g/mol. The molecule has 6 nitrogen and oxygen atoms in total. The summed E-state index contributed by atoms with van der Waals surface area (Å²) in [6.07, 6.45) is 0.884. The Kier molecular flexibility index (Phi) is 8.62. The highest BCUT2D eigenvalue weighted by Crippen LogP contribution is 2.19. The summed E-state index contributed by atoms with van der Waals surface area (Å²) in [5.41, 5.74) is 2.63. The topological polar surface area (TPSA) is 67.9 Å². The monoisotopic (exact) mass is 424 g/mol. The van der Waals surface area contributed by atoms with Gasteiger partial charge in [0, 0.05) is 19.6 Å². The summed E-state index contributed by atoms with van der Waals surface area (Å²) >= 11 is 0. The lowest BCUT2D eigenvalue weighted by Gasteiger charge is -2.26. The summed E-state index contributed by atoms with van der Waals surface area (Å²) in [7, 11) is 0. The van der Waals surface area contributed by atoms with Crippen LogP contribution in [-0.4, -0.2) is 49.2 Å². The zero-order chi connectivity index (χ0) is 22.1. The van der Waals surface area contributed by atoms with Crippen LogP contribution in [0.2, 0.25) is 0 Å². The fraction of sp³-hybridized carbons (Fsp3) is 0.440. The minimum atomic E-state index is -0.872. The van der Waals surface area contributed by atoms with Crippen molar-refractivity contribution in [2.45, 2.75) is 45.4 Å². The summed E-state index contributed by atoms with van der Waals surface area (Å²) in [5, 5.41) is 3.01. The Balaban J connectivity index is 1.53. The van der Waals surface area contributed by atoms with Gasteiger partial charge >= 0.3 is 5.97 Å². The van der Waals surface area contributed by atoms with E-state index in [9.17, 15) is 9.59 Å². The maximum atomic E-state index is 12.6. The molecule has 0 aromatic heterocycles. The molecule has 0 unspecified atom stereocenters. The Morgan fingerprint density at radius 2 is 1.74 bits per heavy atom. The van der Waals surface area contributed by atoms with Crippen LogP contribution in [0.5, 0.6) is 0 Å². The molecule has 0 spiro atoms. The number of nitrogens with zero attached hydrogens (tertiary/aromatic N) is 1. The van der Waals surface area contributed by atoms with Crippen molar-refractivity contribution in [3.05, 3.63) is 71.3 Å². The largest absolute Gasteiger partial charge is 0.449 e. The van der Waals surface area contributed by atoms with Gasteiger partial charge in [-0.25, -0.2) is 4.79 Å². The zero-order valence-electron chi connectivity index (χ0n) is 18.4. The van der Waals surface area contributed by atoms with E-state index < -0.39 is 12.1 Å². The van der Waals surface area contributed by atoms with Crippen molar-refractivity contribution < 1.29 is 19.1 Å². The molecule has 1 aliphatic heterocycles. The number of nitrogens with one attached hydrogen (secondary N) is 1. The first-order valence-corrected chi connectivity index (χ1v) is 11.0. The van der Waals surface area contributed by atoms with Crippen molar-refractivity contribution in [2.75, 3.05) is 26.3 Å². The third-order valence-electron chi connectivity index (χ3n) is 5.45. The van der Waals surface area contributed by atoms with E-state index in [4.69, 9.17) is 9.47 Å². The van der Waals surface area contributed by atoms with Gasteiger partial charge in [0.05, 0.1) is 24.8 Å². The molecule has 166 valence electrons. The van der Waals surface area contributed by atoms with Crippen molar-refractivity contribution in [3.8, 4) is 0 Å². The van der Waals surface area contributed by atoms with Crippen LogP contribution in [0, 0.1) is 0 Å². The van der Waals surface area contributed by atoms with Gasteiger partial charge in [-0.05, 0) is 36.6 Å². The van der Waals surface area contributed by atoms with E-state index in [1.54, 1.807) is 19.1 Å². The lowest BCUT2D eigenvalue weighted by molar-refractivity contribution is -0.129. The number of ether oxygens (including phenoxy) is 2. The van der Waals surface area contributed by atoms with Crippen LogP contribution in [-0.2, 0) is 20.8 Å². The van der Waals surface area contributed by atoms with Gasteiger partial charge < -0.3 is 14.8 Å². The van der Waals surface area contributed by atoms with Crippen LogP contribution in [0.25, 0.3) is 0 Å². The average Bonchev–Trinajstić information content (AvgIpc) is 2.80. The van der Waals surface area contributed by atoms with E-state index in [2.05, 4.69) is 17.1 Å². The van der Waals surface area contributed by atoms with Gasteiger partial charge in [0.15, 0.2) is 6.10 Å². The number of rotatable bonds is 9. The standard InChI is InChI=1S/C25H32N2O4/c1-3-7-23(21-8-5-4-6-9-21)26-24(28)19(2)31-25(29)22-12-10-20(11-13-22)18-27-14-16-30-17-15-27/h4-6,8-13,19,23H,3,7,14-18H2,1-2H3,(H,26,28)/t19-,23-/m0/s1. The van der Waals surface area contributed by atoms with Crippen LogP contribution in [0.3, 0.4) is 0 Å². The van der Waals surface area contributed by atoms with E-state index in [1.165, 1.54) is 0 Å². The fourth-order valence-electron chi connectivity index (χ4n) is 3.63. The molecule has 2 aromatic carbocycles. The number of carbonyl (C=O) groups excluding carboxylic acids is 2. The molecule has 1 amide bonds. The molecule has 1 fully saturated rings. The predicted molar refractivity (Wildman–Crippen MR) is 120 cm³/mol. The first-order chi connectivity index (χ1) is 15.1. The molecule has 6 heteroatoms. The number of esters is 1. The second-order valence-electron chi connectivity index (χ2n) is 7.89. The molecule has 1 aliphatic rings. The molecule has 2 aromatic rings. The quantitative estimate of drug-likeness (QED) is 0.622. The number of hydrogen-bond donors (Lipinski definition) is 1. The van der Waals surface area contributed by atoms with Gasteiger partial charge in [0.2, 0.25) is 0 Å². The number of benzene rings is 2. The fourth-order valence-corrected chi connectivity index (χ4v) is 3.63. The molecule has 1 saturated heterocycles. The Morgan fingerprint density at radius 3 is 2.39 bits per heavy atom. The summed E-state index contributed by atoms with van der Waals surface area (Å²) in [6, 6.07) is 17.1. The highest BCUT2D eigenvalue weighted by Gasteiger charge is 2.22. The van der Waals surface area contributed by atoms with Crippen molar-refractivity contribution in [3.63, 3.8) is 0 Å². The van der Waals surface area contributed by atoms with Gasteiger partial charge in [-0.1, -0.05) is 55.8 Å². The van der Waals surface area contributed by atoms with E-state index in [1.807, 2.05) is 42.5 Å². The van der Waals surface area contributed by atoms with E-state index in [-0.39, 0.29) is 11.9 Å². The Morgan fingerprint density at radius 1 is 1.06 bits per heavy atom. The Labute approximate surface area is 184 Å². The summed E-state index contributed by atoms with van der Waals surface area (Å²) in [4.78, 5) is 27.5. The summed E-state index contributed by atoms with van der Waals surface area (Å²) in [6.45, 7) is 7.86. The highest BCUT2D eigenvalue weighted by molar-refractivity contribution is 5.92. The van der Waals surface area contributed by atoms with Gasteiger partial charge in [0.25, 0.3) is 5.91 Å². The minimum Gasteiger partial charge on any atom is -0.449 e. The molecular formula is C25H32N2O4. The molecule has 31 heavy (non-hydrogen) atoms. The highest BCUT2D eigenvalue weighted by atomic mass is 16.5. The van der Waals surface area contributed by atoms with Gasteiger partial charge in [-0.15, -0.1) is 0 Å². The SMILES string of the molecule is CCC[C@H](NC(=O)[C@H](C)OC(=O)c1ccc(CN2CCOCC2)cc1)c1ccccc1. The van der Waals surface area contributed by atoms with Crippen molar-refractivity contribution in [2.24, 2.45) is 0 Å². The molecule has 0 bridgehead atoms. The molecule has 0 radical (unpaired) electrons. The van der Waals surface area contributed by atoms with Crippen LogP contribution in [0.1, 0.15) is 54.2 Å². The zero-order valence-corrected chi connectivity index (χ0v) is 18.4. The number of morpholine rings is 1. The van der Waals surface area contributed by atoms with Crippen molar-refractivity contribution >= 4 is 11.9 Å². The van der Waals surface area contributed by atoms with Crippen LogP contribution in [0.15, 0.2) is 54.6 Å². The number of carbonyl (C=O) groups is 2. The normalized spacial score (nSPS) is 16.3. The van der Waals surface area contributed by atoms with Gasteiger partial charge in [-0.2, -0.15) is 0 Å². The average molecular weight is 425 g/mol. The molecule has 0 aliphatic carbocycles. The van der Waals surface area contributed by atoms with E-state index >= 15 is 0 Å². The molecule has 0 saturated carbocycles. The minimum absolute atomic E-state index is 0.0978. The van der Waals surface area contributed by atoms with Gasteiger partial charge in [0.1, 0.15) is 0 Å². The van der Waals surface area contributed by atoms with E-state index in [0.29, 0.717) is 5.56 Å². The second-order valence-corrected chi connectivity index (χ2v) is 7.89. The van der Waals surface area contributed by atoms with Gasteiger partial charge in [-0.3, -0.25) is 9.69 Å².